The molecule has 1 fully saturated rings. The molecule has 1 aromatic carbocycles. The Hall–Kier alpha value is -1.40. The molecular formula is C20H30O5S. The lowest BCUT2D eigenvalue weighted by Crippen LogP contribution is -2.24. The van der Waals surface area contributed by atoms with Crippen LogP contribution in [0.2, 0.25) is 0 Å². The maximum atomic E-state index is 12.5. The minimum Gasteiger partial charge on any atom is -0.492 e. The number of carbonyl (C=O) groups is 1. The molecule has 26 heavy (non-hydrogen) atoms. The fourth-order valence-corrected chi connectivity index (χ4v) is 4.62. The van der Waals surface area contributed by atoms with Gasteiger partial charge in [0.2, 0.25) is 0 Å². The van der Waals surface area contributed by atoms with E-state index in [1.54, 1.807) is 25.1 Å². The number of hydrogen-bond acceptors (Lipinski definition) is 5. The van der Waals surface area contributed by atoms with Crippen molar-refractivity contribution in [1.82, 2.24) is 0 Å². The minimum absolute atomic E-state index is 0.0324. The van der Waals surface area contributed by atoms with Gasteiger partial charge in [0.25, 0.3) is 0 Å². The molecule has 0 bridgehead atoms. The Balaban J connectivity index is 1.98. The summed E-state index contributed by atoms with van der Waals surface area (Å²) in [5, 5.41) is 0. The fourth-order valence-electron chi connectivity index (χ4n) is 3.60. The monoisotopic (exact) mass is 382 g/mol. The first-order chi connectivity index (χ1) is 12.5. The lowest BCUT2D eigenvalue weighted by atomic mass is 9.81. The largest absolute Gasteiger partial charge is 0.492 e. The average molecular weight is 383 g/mol. The Morgan fingerprint density at radius 2 is 1.85 bits per heavy atom. The molecule has 0 aromatic heterocycles. The smallest absolute Gasteiger partial charge is 0.301 e. The van der Waals surface area contributed by atoms with E-state index in [2.05, 4.69) is 0 Å². The van der Waals surface area contributed by atoms with E-state index >= 15 is 0 Å². The fraction of sp³-hybridized carbons (Fsp3) is 0.650. The minimum atomic E-state index is -4.03. The van der Waals surface area contributed by atoms with Crippen molar-refractivity contribution in [1.29, 1.82) is 0 Å². The molecule has 0 heterocycles. The maximum Gasteiger partial charge on any atom is 0.301 e. The first kappa shape index (κ1) is 20.9. The molecule has 1 saturated carbocycles. The van der Waals surface area contributed by atoms with Crippen LogP contribution in [0.25, 0.3) is 0 Å². The van der Waals surface area contributed by atoms with E-state index in [0.29, 0.717) is 18.9 Å². The summed E-state index contributed by atoms with van der Waals surface area (Å²) in [6.45, 7) is 3.70. The maximum absolute atomic E-state index is 12.5. The Bertz CT molecular complexity index is 677. The van der Waals surface area contributed by atoms with E-state index in [-0.39, 0.29) is 22.3 Å². The van der Waals surface area contributed by atoms with Crippen LogP contribution in [0.4, 0.5) is 0 Å². The number of benzene rings is 1. The molecule has 0 amide bonds. The zero-order chi connectivity index (χ0) is 19.0. The SMILES string of the molecule is CCOc1ccccc1S(=O)(=O)OCC(=O)C(CC)CC1CCCCC1. The summed E-state index contributed by atoms with van der Waals surface area (Å²) >= 11 is 0. The van der Waals surface area contributed by atoms with Gasteiger partial charge in [-0.1, -0.05) is 51.2 Å². The van der Waals surface area contributed by atoms with E-state index in [1.165, 1.54) is 38.2 Å². The predicted octanol–water partition coefficient (Wildman–Crippen LogP) is 4.36. The second-order valence-electron chi connectivity index (χ2n) is 6.91. The van der Waals surface area contributed by atoms with E-state index < -0.39 is 16.7 Å². The number of carbonyl (C=O) groups excluding carboxylic acids is 1. The average Bonchev–Trinajstić information content (AvgIpc) is 2.65. The predicted molar refractivity (Wildman–Crippen MR) is 101 cm³/mol. The topological polar surface area (TPSA) is 69.7 Å². The van der Waals surface area contributed by atoms with E-state index in [9.17, 15) is 13.2 Å². The van der Waals surface area contributed by atoms with Gasteiger partial charge in [-0.15, -0.1) is 0 Å². The third kappa shape index (κ3) is 5.81. The summed E-state index contributed by atoms with van der Waals surface area (Å²) in [6, 6.07) is 6.33. The van der Waals surface area contributed by atoms with Gasteiger partial charge < -0.3 is 4.74 Å². The molecule has 1 aliphatic carbocycles. The van der Waals surface area contributed by atoms with Crippen LogP contribution in [-0.4, -0.2) is 27.4 Å². The second kappa shape index (κ2) is 10.1. The van der Waals surface area contributed by atoms with Crippen LogP contribution in [0.3, 0.4) is 0 Å². The van der Waals surface area contributed by atoms with E-state index in [0.717, 1.165) is 6.42 Å². The quantitative estimate of drug-likeness (QED) is 0.563. The lowest BCUT2D eigenvalue weighted by Gasteiger charge is -2.25. The molecule has 6 heteroatoms. The van der Waals surface area contributed by atoms with E-state index in [4.69, 9.17) is 8.92 Å². The van der Waals surface area contributed by atoms with Gasteiger partial charge in [0.1, 0.15) is 17.3 Å². The van der Waals surface area contributed by atoms with Gasteiger partial charge in [0.15, 0.2) is 5.78 Å². The Morgan fingerprint density at radius 1 is 1.15 bits per heavy atom. The van der Waals surface area contributed by atoms with Crippen LogP contribution < -0.4 is 4.74 Å². The van der Waals surface area contributed by atoms with Crippen molar-refractivity contribution in [2.75, 3.05) is 13.2 Å². The third-order valence-electron chi connectivity index (χ3n) is 5.07. The lowest BCUT2D eigenvalue weighted by molar-refractivity contribution is -0.125. The highest BCUT2D eigenvalue weighted by Gasteiger charge is 2.26. The van der Waals surface area contributed by atoms with Gasteiger partial charge in [0.05, 0.1) is 6.61 Å². The van der Waals surface area contributed by atoms with Crippen molar-refractivity contribution in [3.8, 4) is 5.75 Å². The highest BCUT2D eigenvalue weighted by atomic mass is 32.2. The van der Waals surface area contributed by atoms with Gasteiger partial charge in [-0.3, -0.25) is 8.98 Å². The summed E-state index contributed by atoms with van der Waals surface area (Å²) in [4.78, 5) is 12.5. The standard InChI is InChI=1S/C20H30O5S/c1-3-17(14-16-10-6-5-7-11-16)18(21)15-25-26(22,23)20-13-9-8-12-19(20)24-4-2/h8-9,12-13,16-17H,3-7,10-11,14-15H2,1-2H3. The zero-order valence-corrected chi connectivity index (χ0v) is 16.6. The van der Waals surface area contributed by atoms with Gasteiger partial charge >= 0.3 is 10.1 Å². The molecule has 2 rings (SSSR count). The van der Waals surface area contributed by atoms with Crippen LogP contribution in [0.1, 0.15) is 58.8 Å². The van der Waals surface area contributed by atoms with Crippen molar-refractivity contribution < 1.29 is 22.1 Å². The summed E-state index contributed by atoms with van der Waals surface area (Å²) < 4.78 is 35.4. The number of para-hydroxylation sites is 1. The van der Waals surface area contributed by atoms with Crippen molar-refractivity contribution in [3.05, 3.63) is 24.3 Å². The van der Waals surface area contributed by atoms with Crippen LogP contribution in [0, 0.1) is 11.8 Å². The molecule has 1 atom stereocenters. The Labute approximate surface area is 157 Å². The van der Waals surface area contributed by atoms with Gasteiger partial charge in [0, 0.05) is 5.92 Å². The highest BCUT2D eigenvalue weighted by Crippen LogP contribution is 2.31. The van der Waals surface area contributed by atoms with Gasteiger partial charge in [-0.05, 0) is 37.8 Å². The van der Waals surface area contributed by atoms with Gasteiger partial charge in [-0.25, -0.2) is 0 Å². The number of hydrogen-bond donors (Lipinski definition) is 0. The number of ketones is 1. The summed E-state index contributed by atoms with van der Waals surface area (Å²) in [5.74, 6) is 0.565. The third-order valence-corrected chi connectivity index (χ3v) is 6.37. The second-order valence-corrected chi connectivity index (χ2v) is 8.49. The number of rotatable bonds is 10. The molecule has 1 unspecified atom stereocenters. The molecule has 0 spiro atoms. The van der Waals surface area contributed by atoms with Crippen LogP contribution in [0.5, 0.6) is 5.75 Å². The van der Waals surface area contributed by atoms with Crippen molar-refractivity contribution >= 4 is 15.9 Å². The van der Waals surface area contributed by atoms with Crippen molar-refractivity contribution in [3.63, 3.8) is 0 Å². The van der Waals surface area contributed by atoms with Crippen molar-refractivity contribution in [2.24, 2.45) is 11.8 Å². The molecule has 5 nitrogen and oxygen atoms in total. The molecule has 1 aromatic rings. The molecule has 1 aliphatic rings. The molecular weight excluding hydrogens is 352 g/mol. The van der Waals surface area contributed by atoms with Crippen LogP contribution >= 0.6 is 0 Å². The molecule has 146 valence electrons. The summed E-state index contributed by atoms with van der Waals surface area (Å²) in [7, 11) is -4.03. The number of ether oxygens (including phenoxy) is 1. The Kier molecular flexibility index (Phi) is 8.10. The molecule has 0 radical (unpaired) electrons. The van der Waals surface area contributed by atoms with Crippen molar-refractivity contribution in [2.45, 2.75) is 63.7 Å². The van der Waals surface area contributed by atoms with Crippen LogP contribution in [0.15, 0.2) is 29.2 Å². The Morgan fingerprint density at radius 3 is 2.50 bits per heavy atom. The van der Waals surface area contributed by atoms with Gasteiger partial charge in [-0.2, -0.15) is 8.42 Å². The molecule has 0 aliphatic heterocycles. The molecule has 0 N–H and O–H groups in total. The summed E-state index contributed by atoms with van der Waals surface area (Å²) in [5.41, 5.74) is 0. The first-order valence-corrected chi connectivity index (χ1v) is 11.0. The highest BCUT2D eigenvalue weighted by molar-refractivity contribution is 7.86. The molecule has 0 saturated heterocycles. The van der Waals surface area contributed by atoms with E-state index in [1.807, 2.05) is 6.92 Å². The first-order valence-electron chi connectivity index (χ1n) is 9.61. The van der Waals surface area contributed by atoms with Crippen LogP contribution in [-0.2, 0) is 19.1 Å². The normalized spacial score (nSPS) is 17.0. The zero-order valence-electron chi connectivity index (χ0n) is 15.8. The number of Topliss-reactive ketones (excluding diaryl/α,β-unsaturated/α-hetero) is 1. The summed E-state index contributed by atoms with van der Waals surface area (Å²) in [6.07, 6.45) is 7.64.